The number of nitriles is 2. The highest BCUT2D eigenvalue weighted by atomic mass is 79.9. The summed E-state index contributed by atoms with van der Waals surface area (Å²) in [6.07, 6.45) is 1.20. The van der Waals surface area contributed by atoms with E-state index in [0.29, 0.717) is 17.9 Å². The molecule has 1 aromatic rings. The molecular formula is C13H13BrN2. The molecule has 0 spiro atoms. The predicted molar refractivity (Wildman–Crippen MR) is 66.7 cm³/mol. The summed E-state index contributed by atoms with van der Waals surface area (Å²) in [5.41, 5.74) is 2.65. The Morgan fingerprint density at radius 3 is 2.50 bits per heavy atom. The quantitative estimate of drug-likeness (QED) is 0.847. The van der Waals surface area contributed by atoms with Crippen LogP contribution < -0.4 is 0 Å². The molecule has 0 aliphatic carbocycles. The Labute approximate surface area is 105 Å². The zero-order valence-corrected chi connectivity index (χ0v) is 11.0. The zero-order valence-electron chi connectivity index (χ0n) is 9.42. The lowest BCUT2D eigenvalue weighted by Crippen LogP contribution is -2.02. The molecule has 0 radical (unpaired) electrons. The van der Waals surface area contributed by atoms with Crippen LogP contribution in [0.15, 0.2) is 16.6 Å². The minimum Gasteiger partial charge on any atom is -0.198 e. The number of halogens is 1. The van der Waals surface area contributed by atoms with Crippen molar-refractivity contribution in [2.24, 2.45) is 5.92 Å². The van der Waals surface area contributed by atoms with Gasteiger partial charge in [0.2, 0.25) is 0 Å². The van der Waals surface area contributed by atoms with E-state index in [2.05, 4.69) is 41.9 Å². The number of rotatable bonds is 3. The average Bonchev–Trinajstić information content (AvgIpc) is 2.21. The molecule has 0 saturated carbocycles. The van der Waals surface area contributed by atoms with E-state index in [9.17, 15) is 0 Å². The second-order valence-electron chi connectivity index (χ2n) is 4.14. The van der Waals surface area contributed by atoms with Crippen LogP contribution in [0.3, 0.4) is 0 Å². The highest BCUT2D eigenvalue weighted by molar-refractivity contribution is 9.10. The second-order valence-corrected chi connectivity index (χ2v) is 5.05. The molecule has 1 rings (SSSR count). The van der Waals surface area contributed by atoms with Crippen molar-refractivity contribution in [2.75, 3.05) is 0 Å². The number of hydrogen-bond donors (Lipinski definition) is 0. The van der Waals surface area contributed by atoms with E-state index in [1.165, 1.54) is 0 Å². The molecular weight excluding hydrogens is 264 g/mol. The minimum atomic E-state index is 0.357. The molecule has 0 saturated heterocycles. The highest BCUT2D eigenvalue weighted by Crippen LogP contribution is 2.24. The standard InChI is InChI=1S/C13H13BrN2/c1-9(2)5-13-10(3-4-15)6-12(14)7-11(13)8-16/h6-7,9H,3,5H2,1-2H3. The monoisotopic (exact) mass is 276 g/mol. The Morgan fingerprint density at radius 1 is 1.31 bits per heavy atom. The van der Waals surface area contributed by atoms with Gasteiger partial charge in [0.25, 0.3) is 0 Å². The maximum absolute atomic E-state index is 9.09. The third-order valence-corrected chi connectivity index (χ3v) is 2.77. The molecule has 2 nitrogen and oxygen atoms in total. The molecule has 3 heteroatoms. The molecule has 0 fully saturated rings. The number of hydrogen-bond acceptors (Lipinski definition) is 2. The third kappa shape index (κ3) is 3.08. The third-order valence-electron chi connectivity index (χ3n) is 2.31. The van der Waals surface area contributed by atoms with Crippen molar-refractivity contribution in [3.63, 3.8) is 0 Å². The van der Waals surface area contributed by atoms with Gasteiger partial charge in [-0.2, -0.15) is 10.5 Å². The van der Waals surface area contributed by atoms with E-state index in [1.807, 2.05) is 12.1 Å². The van der Waals surface area contributed by atoms with E-state index in [1.54, 1.807) is 0 Å². The molecule has 0 aliphatic heterocycles. The van der Waals surface area contributed by atoms with Crippen LogP contribution in [0.2, 0.25) is 0 Å². The summed E-state index contributed by atoms with van der Waals surface area (Å²) >= 11 is 3.36. The Kier molecular flexibility index (Phi) is 4.52. The maximum atomic E-state index is 9.09. The Hall–Kier alpha value is -1.32. The van der Waals surface area contributed by atoms with Crippen LogP contribution in [-0.2, 0) is 12.8 Å². The van der Waals surface area contributed by atoms with E-state index in [4.69, 9.17) is 10.5 Å². The van der Waals surface area contributed by atoms with Crippen LogP contribution in [0.25, 0.3) is 0 Å². The van der Waals surface area contributed by atoms with Crippen molar-refractivity contribution in [3.05, 3.63) is 33.3 Å². The smallest absolute Gasteiger partial charge is 0.0995 e. The normalized spacial score (nSPS) is 9.88. The SMILES string of the molecule is CC(C)Cc1c(C#N)cc(Br)cc1CC#N. The molecule has 82 valence electrons. The van der Waals surface area contributed by atoms with E-state index in [0.717, 1.165) is 22.0 Å². The second kappa shape index (κ2) is 5.68. The van der Waals surface area contributed by atoms with Crippen LogP contribution in [-0.4, -0.2) is 0 Å². The van der Waals surface area contributed by atoms with E-state index < -0.39 is 0 Å². The average molecular weight is 277 g/mol. The topological polar surface area (TPSA) is 47.6 Å². The first kappa shape index (κ1) is 12.7. The van der Waals surface area contributed by atoms with E-state index >= 15 is 0 Å². The fraction of sp³-hybridized carbons (Fsp3) is 0.385. The summed E-state index contributed by atoms with van der Waals surface area (Å²) < 4.78 is 0.863. The van der Waals surface area contributed by atoms with Gasteiger partial charge in [0.1, 0.15) is 0 Å². The van der Waals surface area contributed by atoms with Crippen molar-refractivity contribution < 1.29 is 0 Å². The van der Waals surface area contributed by atoms with Gasteiger partial charge in [0.05, 0.1) is 24.1 Å². The van der Waals surface area contributed by atoms with Gasteiger partial charge in [0.15, 0.2) is 0 Å². The van der Waals surface area contributed by atoms with Gasteiger partial charge in [-0.1, -0.05) is 29.8 Å². The van der Waals surface area contributed by atoms with Crippen LogP contribution in [0.4, 0.5) is 0 Å². The first-order valence-electron chi connectivity index (χ1n) is 5.16. The Morgan fingerprint density at radius 2 is 2.00 bits per heavy atom. The first-order valence-corrected chi connectivity index (χ1v) is 5.96. The fourth-order valence-electron chi connectivity index (χ4n) is 1.69. The van der Waals surface area contributed by atoms with Crippen LogP contribution in [0.5, 0.6) is 0 Å². The first-order chi connectivity index (χ1) is 7.58. The summed E-state index contributed by atoms with van der Waals surface area (Å²) in [6.45, 7) is 4.22. The van der Waals surface area contributed by atoms with Crippen molar-refractivity contribution in [1.82, 2.24) is 0 Å². The number of benzene rings is 1. The van der Waals surface area contributed by atoms with Crippen molar-refractivity contribution in [3.8, 4) is 12.1 Å². The predicted octanol–water partition coefficient (Wildman–Crippen LogP) is 3.59. The largest absolute Gasteiger partial charge is 0.198 e. The molecule has 0 atom stereocenters. The Balaban J connectivity index is 3.29. The maximum Gasteiger partial charge on any atom is 0.0995 e. The summed E-state index contributed by atoms with van der Waals surface area (Å²) in [6, 6.07) is 8.10. The lowest BCUT2D eigenvalue weighted by atomic mass is 9.92. The summed E-state index contributed by atoms with van der Waals surface area (Å²) in [5, 5.41) is 17.9. The minimum absolute atomic E-state index is 0.357. The molecule has 0 aliphatic rings. The van der Waals surface area contributed by atoms with Crippen LogP contribution in [0.1, 0.15) is 30.5 Å². The summed E-state index contributed by atoms with van der Waals surface area (Å²) in [4.78, 5) is 0. The number of nitrogens with zero attached hydrogens (tertiary/aromatic N) is 2. The van der Waals surface area contributed by atoms with Gasteiger partial charge in [-0.3, -0.25) is 0 Å². The van der Waals surface area contributed by atoms with Gasteiger partial charge in [-0.05, 0) is 35.6 Å². The van der Waals surface area contributed by atoms with Gasteiger partial charge in [-0.25, -0.2) is 0 Å². The highest BCUT2D eigenvalue weighted by Gasteiger charge is 2.11. The lowest BCUT2D eigenvalue weighted by Gasteiger charge is -2.12. The zero-order chi connectivity index (χ0) is 12.1. The Bertz CT molecular complexity index is 464. The van der Waals surface area contributed by atoms with E-state index in [-0.39, 0.29) is 0 Å². The van der Waals surface area contributed by atoms with Gasteiger partial charge in [0, 0.05) is 4.47 Å². The molecule has 0 unspecified atom stereocenters. The molecule has 16 heavy (non-hydrogen) atoms. The van der Waals surface area contributed by atoms with Gasteiger partial charge in [-0.15, -0.1) is 0 Å². The molecule has 0 heterocycles. The van der Waals surface area contributed by atoms with Gasteiger partial charge < -0.3 is 0 Å². The van der Waals surface area contributed by atoms with Crippen LogP contribution >= 0.6 is 15.9 Å². The van der Waals surface area contributed by atoms with Crippen molar-refractivity contribution >= 4 is 15.9 Å². The molecule has 1 aromatic carbocycles. The lowest BCUT2D eigenvalue weighted by molar-refractivity contribution is 0.643. The molecule has 0 amide bonds. The van der Waals surface area contributed by atoms with Crippen molar-refractivity contribution in [1.29, 1.82) is 10.5 Å². The van der Waals surface area contributed by atoms with Gasteiger partial charge >= 0.3 is 0 Å². The fourth-order valence-corrected chi connectivity index (χ4v) is 2.19. The van der Waals surface area contributed by atoms with Crippen molar-refractivity contribution in [2.45, 2.75) is 26.7 Å². The molecule has 0 N–H and O–H groups in total. The van der Waals surface area contributed by atoms with Crippen LogP contribution in [0, 0.1) is 28.6 Å². The molecule has 0 bridgehead atoms. The summed E-state index contributed by atoms with van der Waals surface area (Å²) in [7, 11) is 0. The molecule has 0 aromatic heterocycles. The summed E-state index contributed by atoms with van der Waals surface area (Å²) in [5.74, 6) is 0.478.